The number of urea groups is 1. The van der Waals surface area contributed by atoms with E-state index in [1.807, 2.05) is 62.6 Å². The first kappa shape index (κ1) is 24.9. The van der Waals surface area contributed by atoms with Gasteiger partial charge >= 0.3 is 6.03 Å². The number of carbonyl (C=O) groups is 3. The third kappa shape index (κ3) is 6.85. The van der Waals surface area contributed by atoms with Gasteiger partial charge < -0.3 is 25.3 Å². The van der Waals surface area contributed by atoms with Crippen LogP contribution in [-0.2, 0) is 4.79 Å². The number of nitrogens with zero attached hydrogens (tertiary/aromatic N) is 3. The Balaban J connectivity index is 1.77. The van der Waals surface area contributed by atoms with Crippen molar-refractivity contribution in [3.63, 3.8) is 0 Å². The van der Waals surface area contributed by atoms with Crippen molar-refractivity contribution in [3.05, 3.63) is 23.8 Å². The van der Waals surface area contributed by atoms with E-state index < -0.39 is 0 Å². The highest BCUT2D eigenvalue weighted by atomic mass is 16.2. The molecule has 0 radical (unpaired) electrons. The lowest BCUT2D eigenvalue weighted by atomic mass is 10.1. The van der Waals surface area contributed by atoms with Crippen molar-refractivity contribution in [1.82, 2.24) is 15.1 Å². The molecule has 8 heteroatoms. The minimum absolute atomic E-state index is 0.00960. The molecule has 0 aliphatic carbocycles. The fourth-order valence-electron chi connectivity index (χ4n) is 4.28. The van der Waals surface area contributed by atoms with Gasteiger partial charge in [0.05, 0.1) is 5.56 Å². The molecular formula is C25H39N5O3. The van der Waals surface area contributed by atoms with E-state index in [4.69, 9.17) is 0 Å². The van der Waals surface area contributed by atoms with Crippen LogP contribution >= 0.6 is 0 Å². The van der Waals surface area contributed by atoms with Crippen LogP contribution in [0.2, 0.25) is 0 Å². The maximum absolute atomic E-state index is 13.4. The lowest BCUT2D eigenvalue weighted by Gasteiger charge is -2.38. The van der Waals surface area contributed by atoms with Gasteiger partial charge in [0, 0.05) is 62.6 Å². The van der Waals surface area contributed by atoms with Gasteiger partial charge in [0.2, 0.25) is 5.91 Å². The van der Waals surface area contributed by atoms with Crippen LogP contribution in [0, 0.1) is 5.92 Å². The number of piperazine rings is 1. The van der Waals surface area contributed by atoms with Crippen molar-refractivity contribution in [2.24, 2.45) is 5.92 Å². The average molecular weight is 458 g/mol. The van der Waals surface area contributed by atoms with E-state index in [9.17, 15) is 14.4 Å². The molecule has 0 saturated carbocycles. The van der Waals surface area contributed by atoms with Crippen molar-refractivity contribution in [2.45, 2.75) is 59.4 Å². The van der Waals surface area contributed by atoms with Crippen LogP contribution in [0.25, 0.3) is 0 Å². The van der Waals surface area contributed by atoms with E-state index in [2.05, 4.69) is 15.5 Å². The number of anilines is 2. The number of benzene rings is 1. The van der Waals surface area contributed by atoms with Gasteiger partial charge in [0.25, 0.3) is 5.91 Å². The van der Waals surface area contributed by atoms with E-state index in [-0.39, 0.29) is 29.3 Å². The Hall–Kier alpha value is -2.77. The topological polar surface area (TPSA) is 85.0 Å². The second-order valence-electron chi connectivity index (χ2n) is 10.5. The van der Waals surface area contributed by atoms with Gasteiger partial charge in [-0.3, -0.25) is 9.59 Å². The standard InChI is InChI=1S/C25H39N5O3/c1-18(2)16-22(31)26-19-8-9-21(20(17-19)23(32)29-10-6-7-11-29)28-12-14-30(15-13-28)24(33)27-25(3,4)5/h8-9,17-18H,6-7,10-16H2,1-5H3,(H,26,31)(H,27,33). The SMILES string of the molecule is CC(C)CC(=O)Nc1ccc(N2CCN(C(=O)NC(C)(C)C)CC2)c(C(=O)N2CCCC2)c1. The number of nitrogens with one attached hydrogen (secondary N) is 2. The second-order valence-corrected chi connectivity index (χ2v) is 10.5. The predicted molar refractivity (Wildman–Crippen MR) is 132 cm³/mol. The Morgan fingerprint density at radius 2 is 1.58 bits per heavy atom. The molecule has 182 valence electrons. The van der Waals surface area contributed by atoms with Gasteiger partial charge in [0.1, 0.15) is 0 Å². The number of carbonyl (C=O) groups excluding carboxylic acids is 3. The molecule has 0 aromatic heterocycles. The first-order chi connectivity index (χ1) is 15.5. The molecule has 1 aromatic rings. The molecule has 0 bridgehead atoms. The van der Waals surface area contributed by atoms with Crippen molar-refractivity contribution in [3.8, 4) is 0 Å². The summed E-state index contributed by atoms with van der Waals surface area (Å²) in [6.45, 7) is 13.9. The molecular weight excluding hydrogens is 418 g/mol. The predicted octanol–water partition coefficient (Wildman–Crippen LogP) is 3.54. The summed E-state index contributed by atoms with van der Waals surface area (Å²) in [5.74, 6) is 0.230. The number of hydrogen-bond donors (Lipinski definition) is 2. The molecule has 0 spiro atoms. The summed E-state index contributed by atoms with van der Waals surface area (Å²) in [7, 11) is 0. The Labute approximate surface area is 197 Å². The Kier molecular flexibility index (Phi) is 7.87. The summed E-state index contributed by atoms with van der Waals surface area (Å²) in [6.07, 6.45) is 2.48. The highest BCUT2D eigenvalue weighted by Gasteiger charge is 2.28. The van der Waals surface area contributed by atoms with E-state index in [0.717, 1.165) is 31.6 Å². The Morgan fingerprint density at radius 3 is 2.15 bits per heavy atom. The smallest absolute Gasteiger partial charge is 0.317 e. The number of hydrogen-bond acceptors (Lipinski definition) is 4. The van der Waals surface area contributed by atoms with Crippen LogP contribution < -0.4 is 15.5 Å². The zero-order valence-corrected chi connectivity index (χ0v) is 20.7. The minimum atomic E-state index is -0.278. The molecule has 0 unspecified atom stereocenters. The van der Waals surface area contributed by atoms with Gasteiger partial charge in [-0.15, -0.1) is 0 Å². The summed E-state index contributed by atoms with van der Waals surface area (Å²) in [5.41, 5.74) is 1.85. The van der Waals surface area contributed by atoms with Crippen molar-refractivity contribution >= 4 is 29.2 Å². The number of amides is 4. The molecule has 2 aliphatic heterocycles. The molecule has 33 heavy (non-hydrogen) atoms. The van der Waals surface area contributed by atoms with E-state index in [1.165, 1.54) is 0 Å². The van der Waals surface area contributed by atoms with E-state index >= 15 is 0 Å². The fraction of sp³-hybridized carbons (Fsp3) is 0.640. The van der Waals surface area contributed by atoms with Crippen molar-refractivity contribution in [2.75, 3.05) is 49.5 Å². The van der Waals surface area contributed by atoms with Crippen molar-refractivity contribution in [1.29, 1.82) is 0 Å². The van der Waals surface area contributed by atoms with Crippen LogP contribution in [0.3, 0.4) is 0 Å². The highest BCUT2D eigenvalue weighted by molar-refractivity contribution is 6.02. The van der Waals surface area contributed by atoms with Gasteiger partial charge in [-0.05, 0) is 57.7 Å². The summed E-state index contributed by atoms with van der Waals surface area (Å²) in [6, 6.07) is 5.55. The summed E-state index contributed by atoms with van der Waals surface area (Å²) < 4.78 is 0. The largest absolute Gasteiger partial charge is 0.367 e. The summed E-state index contributed by atoms with van der Waals surface area (Å²) in [4.78, 5) is 44.1. The second kappa shape index (κ2) is 10.4. The van der Waals surface area contributed by atoms with Crippen LogP contribution in [-0.4, -0.2) is 72.5 Å². The van der Waals surface area contributed by atoms with Gasteiger partial charge in [0.15, 0.2) is 0 Å². The summed E-state index contributed by atoms with van der Waals surface area (Å²) >= 11 is 0. The highest BCUT2D eigenvalue weighted by Crippen LogP contribution is 2.28. The first-order valence-corrected chi connectivity index (χ1v) is 12.1. The molecule has 3 rings (SSSR count). The number of rotatable bonds is 5. The Morgan fingerprint density at radius 1 is 0.939 bits per heavy atom. The van der Waals surface area contributed by atoms with Gasteiger partial charge in [-0.25, -0.2) is 4.79 Å². The first-order valence-electron chi connectivity index (χ1n) is 12.1. The molecule has 0 atom stereocenters. The van der Waals surface area contributed by atoms with Crippen molar-refractivity contribution < 1.29 is 14.4 Å². The molecule has 2 aliphatic rings. The molecule has 2 fully saturated rings. The molecule has 8 nitrogen and oxygen atoms in total. The van der Waals surface area contributed by atoms with Crippen LogP contribution in [0.15, 0.2) is 18.2 Å². The van der Waals surface area contributed by atoms with Gasteiger partial charge in [-0.2, -0.15) is 0 Å². The summed E-state index contributed by atoms with van der Waals surface area (Å²) in [5, 5.41) is 5.96. The third-order valence-corrected chi connectivity index (χ3v) is 5.89. The number of likely N-dealkylation sites (tertiary alicyclic amines) is 1. The maximum atomic E-state index is 13.4. The maximum Gasteiger partial charge on any atom is 0.317 e. The molecule has 2 saturated heterocycles. The molecule has 1 aromatic carbocycles. The Bertz CT molecular complexity index is 863. The third-order valence-electron chi connectivity index (χ3n) is 5.89. The minimum Gasteiger partial charge on any atom is -0.367 e. The molecule has 4 amide bonds. The lowest BCUT2D eigenvalue weighted by Crippen LogP contribution is -2.55. The fourth-order valence-corrected chi connectivity index (χ4v) is 4.28. The quantitative estimate of drug-likeness (QED) is 0.708. The zero-order chi connectivity index (χ0) is 24.2. The molecule has 2 N–H and O–H groups in total. The lowest BCUT2D eigenvalue weighted by molar-refractivity contribution is -0.116. The monoisotopic (exact) mass is 457 g/mol. The van der Waals surface area contributed by atoms with Gasteiger partial charge in [-0.1, -0.05) is 13.8 Å². The average Bonchev–Trinajstić information content (AvgIpc) is 3.26. The van der Waals surface area contributed by atoms with Crippen LogP contribution in [0.4, 0.5) is 16.2 Å². The van der Waals surface area contributed by atoms with E-state index in [0.29, 0.717) is 43.9 Å². The molecule has 2 heterocycles. The zero-order valence-electron chi connectivity index (χ0n) is 20.7. The van der Waals surface area contributed by atoms with Crippen LogP contribution in [0.1, 0.15) is 64.2 Å². The van der Waals surface area contributed by atoms with E-state index in [1.54, 1.807) is 0 Å². The normalized spacial score (nSPS) is 16.8. The van der Waals surface area contributed by atoms with Crippen LogP contribution in [0.5, 0.6) is 0 Å².